The average molecular weight is 365 g/mol. The minimum Gasteiger partial charge on any atom is -0.443 e. The predicted molar refractivity (Wildman–Crippen MR) is 106 cm³/mol. The van der Waals surface area contributed by atoms with Gasteiger partial charge in [0.2, 0.25) is 5.91 Å². The highest BCUT2D eigenvalue weighted by molar-refractivity contribution is 5.97. The summed E-state index contributed by atoms with van der Waals surface area (Å²) >= 11 is 0. The van der Waals surface area contributed by atoms with Crippen molar-refractivity contribution in [2.45, 2.75) is 46.1 Å². The largest absolute Gasteiger partial charge is 0.443 e. The standard InChI is InChI=1S/C23H27NO3/c1-22(2,3)27-21(26)24-15-14-23(4,20(24)25)16-17-10-12-19(13-11-17)18-8-6-5-7-9-18/h5-13H,14-16H2,1-4H3/t23-/m1/s1. The first-order valence-electron chi connectivity index (χ1n) is 9.37. The molecule has 4 heteroatoms. The van der Waals surface area contributed by atoms with Crippen LogP contribution < -0.4 is 0 Å². The van der Waals surface area contributed by atoms with E-state index in [1.807, 2.05) is 25.1 Å². The second-order valence-corrected chi connectivity index (χ2v) is 8.49. The summed E-state index contributed by atoms with van der Waals surface area (Å²) in [6.45, 7) is 7.76. The molecule has 2 aromatic rings. The van der Waals surface area contributed by atoms with Gasteiger partial charge >= 0.3 is 6.09 Å². The minimum absolute atomic E-state index is 0.149. The Morgan fingerprint density at radius 1 is 1.04 bits per heavy atom. The van der Waals surface area contributed by atoms with Gasteiger partial charge in [-0.25, -0.2) is 9.69 Å². The lowest BCUT2D eigenvalue weighted by Crippen LogP contribution is -2.41. The van der Waals surface area contributed by atoms with Crippen LogP contribution in [0.3, 0.4) is 0 Å². The van der Waals surface area contributed by atoms with Crippen LogP contribution in [0.15, 0.2) is 54.6 Å². The zero-order valence-corrected chi connectivity index (χ0v) is 16.5. The molecule has 0 spiro atoms. The Hall–Kier alpha value is -2.62. The first kappa shape index (κ1) is 19.2. The molecule has 2 amide bonds. The summed E-state index contributed by atoms with van der Waals surface area (Å²) < 4.78 is 5.37. The third-order valence-electron chi connectivity index (χ3n) is 4.92. The van der Waals surface area contributed by atoms with Crippen LogP contribution in [0.25, 0.3) is 11.1 Å². The van der Waals surface area contributed by atoms with Crippen molar-refractivity contribution in [3.05, 3.63) is 60.2 Å². The van der Waals surface area contributed by atoms with Gasteiger partial charge in [-0.3, -0.25) is 4.79 Å². The van der Waals surface area contributed by atoms with E-state index >= 15 is 0 Å². The van der Waals surface area contributed by atoms with Crippen molar-refractivity contribution in [1.82, 2.24) is 4.90 Å². The molecule has 1 saturated heterocycles. The Morgan fingerprint density at radius 2 is 1.63 bits per heavy atom. The van der Waals surface area contributed by atoms with E-state index < -0.39 is 17.1 Å². The summed E-state index contributed by atoms with van der Waals surface area (Å²) in [5.41, 5.74) is 2.23. The summed E-state index contributed by atoms with van der Waals surface area (Å²) in [5.74, 6) is -0.149. The van der Waals surface area contributed by atoms with Gasteiger partial charge in [0.25, 0.3) is 0 Å². The second-order valence-electron chi connectivity index (χ2n) is 8.49. The van der Waals surface area contributed by atoms with Gasteiger partial charge < -0.3 is 4.74 Å². The lowest BCUT2D eigenvalue weighted by molar-refractivity contribution is -0.134. The molecule has 0 aromatic heterocycles. The molecule has 0 bridgehead atoms. The number of carbonyl (C=O) groups excluding carboxylic acids is 2. The minimum atomic E-state index is -0.608. The highest BCUT2D eigenvalue weighted by Gasteiger charge is 2.46. The van der Waals surface area contributed by atoms with E-state index in [4.69, 9.17) is 4.74 Å². The Morgan fingerprint density at radius 3 is 2.22 bits per heavy atom. The molecule has 0 saturated carbocycles. The molecular weight excluding hydrogens is 338 g/mol. The lowest BCUT2D eigenvalue weighted by atomic mass is 9.82. The zero-order chi connectivity index (χ0) is 19.7. The van der Waals surface area contributed by atoms with Gasteiger partial charge in [-0.15, -0.1) is 0 Å². The average Bonchev–Trinajstić information content (AvgIpc) is 2.90. The van der Waals surface area contributed by atoms with Gasteiger partial charge in [0.05, 0.1) is 5.41 Å². The van der Waals surface area contributed by atoms with Crippen LogP contribution in [0, 0.1) is 5.41 Å². The molecule has 1 aliphatic rings. The number of rotatable bonds is 3. The maximum absolute atomic E-state index is 12.9. The smallest absolute Gasteiger partial charge is 0.417 e. The zero-order valence-electron chi connectivity index (χ0n) is 16.5. The molecule has 27 heavy (non-hydrogen) atoms. The quantitative estimate of drug-likeness (QED) is 0.763. The molecule has 0 unspecified atom stereocenters. The lowest BCUT2D eigenvalue weighted by Gasteiger charge is -2.25. The maximum Gasteiger partial charge on any atom is 0.417 e. The summed E-state index contributed by atoms with van der Waals surface area (Å²) in [6.07, 6.45) is 0.710. The van der Waals surface area contributed by atoms with Crippen LogP contribution in [0.2, 0.25) is 0 Å². The molecule has 4 nitrogen and oxygen atoms in total. The number of nitrogens with zero attached hydrogens (tertiary/aromatic N) is 1. The highest BCUT2D eigenvalue weighted by atomic mass is 16.6. The first-order valence-corrected chi connectivity index (χ1v) is 9.37. The molecule has 1 aliphatic heterocycles. The SMILES string of the molecule is CC(C)(C)OC(=O)N1CC[C@](C)(Cc2ccc(-c3ccccc3)cc2)C1=O. The van der Waals surface area contributed by atoms with Crippen molar-refractivity contribution in [3.63, 3.8) is 0 Å². The first-order chi connectivity index (χ1) is 12.7. The monoisotopic (exact) mass is 365 g/mol. The summed E-state index contributed by atoms with van der Waals surface area (Å²) in [4.78, 5) is 26.4. The Kier molecular flexibility index (Phi) is 5.09. The van der Waals surface area contributed by atoms with E-state index in [2.05, 4.69) is 36.4 Å². The number of carbonyl (C=O) groups is 2. The van der Waals surface area contributed by atoms with Gasteiger partial charge in [-0.1, -0.05) is 61.5 Å². The fraction of sp³-hybridized carbons (Fsp3) is 0.391. The molecular formula is C23H27NO3. The van der Waals surface area contributed by atoms with Crippen molar-refractivity contribution < 1.29 is 14.3 Å². The molecule has 0 N–H and O–H groups in total. The molecule has 1 atom stereocenters. The third kappa shape index (κ3) is 4.38. The van der Waals surface area contributed by atoms with E-state index in [1.54, 1.807) is 20.8 Å². The molecule has 3 rings (SSSR count). The van der Waals surface area contributed by atoms with E-state index in [-0.39, 0.29) is 5.91 Å². The fourth-order valence-corrected chi connectivity index (χ4v) is 3.44. The van der Waals surface area contributed by atoms with E-state index in [0.717, 1.165) is 11.1 Å². The van der Waals surface area contributed by atoms with Crippen LogP contribution in [0.4, 0.5) is 4.79 Å². The van der Waals surface area contributed by atoms with Gasteiger partial charge in [-0.2, -0.15) is 0 Å². The van der Waals surface area contributed by atoms with Crippen LogP contribution >= 0.6 is 0 Å². The van der Waals surface area contributed by atoms with Gasteiger partial charge in [0.15, 0.2) is 0 Å². The van der Waals surface area contributed by atoms with Gasteiger partial charge in [0, 0.05) is 6.54 Å². The Labute approximate surface area is 161 Å². The number of ether oxygens (including phenoxy) is 1. The summed E-state index contributed by atoms with van der Waals surface area (Å²) in [6, 6.07) is 18.5. The maximum atomic E-state index is 12.9. The van der Waals surface area contributed by atoms with Crippen LogP contribution in [-0.4, -0.2) is 29.0 Å². The molecule has 1 fully saturated rings. The number of likely N-dealkylation sites (tertiary alicyclic amines) is 1. The number of amides is 2. The fourth-order valence-electron chi connectivity index (χ4n) is 3.44. The molecule has 142 valence electrons. The van der Waals surface area contributed by atoms with Crippen LogP contribution in [-0.2, 0) is 16.0 Å². The third-order valence-corrected chi connectivity index (χ3v) is 4.92. The predicted octanol–water partition coefficient (Wildman–Crippen LogP) is 5.07. The number of hydrogen-bond acceptors (Lipinski definition) is 3. The van der Waals surface area contributed by atoms with Gasteiger partial charge in [-0.05, 0) is 50.3 Å². The summed E-state index contributed by atoms with van der Waals surface area (Å²) in [5, 5.41) is 0. The number of hydrogen-bond donors (Lipinski definition) is 0. The van der Waals surface area contributed by atoms with Crippen molar-refractivity contribution in [2.75, 3.05) is 6.54 Å². The summed E-state index contributed by atoms with van der Waals surface area (Å²) in [7, 11) is 0. The van der Waals surface area contributed by atoms with E-state index in [0.29, 0.717) is 19.4 Å². The molecule has 1 heterocycles. The van der Waals surface area contributed by atoms with Crippen molar-refractivity contribution >= 4 is 12.0 Å². The van der Waals surface area contributed by atoms with Crippen molar-refractivity contribution in [3.8, 4) is 11.1 Å². The van der Waals surface area contributed by atoms with Crippen LogP contribution in [0.1, 0.15) is 39.7 Å². The molecule has 2 aromatic carbocycles. The number of imide groups is 1. The Bertz CT molecular complexity index is 821. The van der Waals surface area contributed by atoms with Crippen LogP contribution in [0.5, 0.6) is 0 Å². The van der Waals surface area contributed by atoms with Crippen molar-refractivity contribution in [1.29, 1.82) is 0 Å². The Balaban J connectivity index is 1.70. The number of benzene rings is 2. The van der Waals surface area contributed by atoms with E-state index in [1.165, 1.54) is 10.5 Å². The normalized spacial score (nSPS) is 20.0. The van der Waals surface area contributed by atoms with Gasteiger partial charge in [0.1, 0.15) is 5.60 Å². The van der Waals surface area contributed by atoms with E-state index in [9.17, 15) is 9.59 Å². The molecule has 0 aliphatic carbocycles. The van der Waals surface area contributed by atoms with Crippen molar-refractivity contribution in [2.24, 2.45) is 5.41 Å². The highest BCUT2D eigenvalue weighted by Crippen LogP contribution is 2.36. The molecule has 0 radical (unpaired) electrons. The topological polar surface area (TPSA) is 46.6 Å². The second kappa shape index (κ2) is 7.18.